The van der Waals surface area contributed by atoms with Crippen molar-refractivity contribution in [2.75, 3.05) is 21.3 Å². The number of carbonyl (C=O) groups is 3. The molecule has 7 heteroatoms. The smallest absolute Gasteiger partial charge is 0.323 e. The van der Waals surface area contributed by atoms with Crippen molar-refractivity contribution in [3.8, 4) is 6.07 Å². The van der Waals surface area contributed by atoms with E-state index in [9.17, 15) is 14.4 Å². The minimum absolute atomic E-state index is 0.237. The second kappa shape index (κ2) is 8.06. The lowest BCUT2D eigenvalue weighted by Crippen LogP contribution is -2.28. The topological polar surface area (TPSA) is 103 Å². The van der Waals surface area contributed by atoms with Crippen LogP contribution in [0.3, 0.4) is 0 Å². The molecule has 0 aliphatic carbocycles. The van der Waals surface area contributed by atoms with Gasteiger partial charge in [0.2, 0.25) is 0 Å². The molecule has 0 aromatic carbocycles. The van der Waals surface area contributed by atoms with Gasteiger partial charge in [-0.2, -0.15) is 5.26 Å². The zero-order valence-electron chi connectivity index (χ0n) is 10.5. The molecule has 0 aromatic heterocycles. The highest BCUT2D eigenvalue weighted by atomic mass is 16.5. The van der Waals surface area contributed by atoms with Crippen molar-refractivity contribution in [1.82, 2.24) is 0 Å². The minimum atomic E-state index is -1.21. The molecule has 0 aliphatic rings. The summed E-state index contributed by atoms with van der Waals surface area (Å²) >= 11 is 0. The van der Waals surface area contributed by atoms with Crippen molar-refractivity contribution < 1.29 is 28.6 Å². The van der Waals surface area contributed by atoms with Crippen molar-refractivity contribution in [3.05, 3.63) is 0 Å². The van der Waals surface area contributed by atoms with Crippen LogP contribution in [0.4, 0.5) is 0 Å². The van der Waals surface area contributed by atoms with Gasteiger partial charge in [0.25, 0.3) is 0 Å². The fourth-order valence-electron chi connectivity index (χ4n) is 1.38. The maximum atomic E-state index is 11.4. The molecule has 0 radical (unpaired) electrons. The summed E-state index contributed by atoms with van der Waals surface area (Å²) in [7, 11) is 3.48. The maximum absolute atomic E-state index is 11.4. The number of rotatable bonds is 6. The van der Waals surface area contributed by atoms with Crippen LogP contribution in [0.15, 0.2) is 0 Å². The van der Waals surface area contributed by atoms with Crippen LogP contribution in [0.5, 0.6) is 0 Å². The molecule has 7 nitrogen and oxygen atoms in total. The van der Waals surface area contributed by atoms with E-state index in [1.807, 2.05) is 0 Å². The molecule has 0 fully saturated rings. The average Bonchev–Trinajstić information content (AvgIpc) is 2.38. The van der Waals surface area contributed by atoms with Gasteiger partial charge in [0.15, 0.2) is 0 Å². The fourth-order valence-corrected chi connectivity index (χ4v) is 1.38. The summed E-state index contributed by atoms with van der Waals surface area (Å²) in [6, 6.07) is 1.72. The van der Waals surface area contributed by atoms with Gasteiger partial charge in [0.1, 0.15) is 5.92 Å². The predicted octanol–water partition coefficient (Wildman–Crippen LogP) is 0.0416. The van der Waals surface area contributed by atoms with Gasteiger partial charge >= 0.3 is 17.9 Å². The molecule has 0 rings (SSSR count). The lowest BCUT2D eigenvalue weighted by Gasteiger charge is -2.17. The first kappa shape index (κ1) is 15.9. The van der Waals surface area contributed by atoms with Gasteiger partial charge in [-0.05, 0) is 0 Å². The van der Waals surface area contributed by atoms with E-state index in [4.69, 9.17) is 5.26 Å². The Morgan fingerprint density at radius 3 is 1.72 bits per heavy atom. The Morgan fingerprint density at radius 1 is 1.00 bits per heavy atom. The van der Waals surface area contributed by atoms with E-state index in [1.165, 1.54) is 14.2 Å². The molecule has 1 unspecified atom stereocenters. The summed E-state index contributed by atoms with van der Waals surface area (Å²) < 4.78 is 13.4. The van der Waals surface area contributed by atoms with E-state index in [0.717, 1.165) is 7.11 Å². The van der Waals surface area contributed by atoms with Gasteiger partial charge in [-0.3, -0.25) is 14.4 Å². The molecule has 0 aliphatic heterocycles. The van der Waals surface area contributed by atoms with Crippen molar-refractivity contribution in [2.45, 2.75) is 12.8 Å². The van der Waals surface area contributed by atoms with E-state index >= 15 is 0 Å². The highest BCUT2D eigenvalue weighted by molar-refractivity contribution is 5.79. The van der Waals surface area contributed by atoms with Gasteiger partial charge in [-0.15, -0.1) is 0 Å². The molecule has 0 saturated carbocycles. The second-order valence-corrected chi connectivity index (χ2v) is 3.45. The van der Waals surface area contributed by atoms with E-state index in [-0.39, 0.29) is 12.8 Å². The molecule has 0 bridgehead atoms. The van der Waals surface area contributed by atoms with Gasteiger partial charge in [-0.25, -0.2) is 0 Å². The van der Waals surface area contributed by atoms with Gasteiger partial charge < -0.3 is 14.2 Å². The Balaban J connectivity index is 4.93. The number of ether oxygens (including phenoxy) is 3. The van der Waals surface area contributed by atoms with Gasteiger partial charge in [0, 0.05) is 5.92 Å². The Labute approximate surface area is 105 Å². The monoisotopic (exact) mass is 257 g/mol. The number of esters is 3. The maximum Gasteiger partial charge on any atom is 0.323 e. The molecule has 0 N–H and O–H groups in total. The molecular weight excluding hydrogens is 242 g/mol. The van der Waals surface area contributed by atoms with Crippen LogP contribution in [0.1, 0.15) is 12.8 Å². The number of carbonyl (C=O) groups excluding carboxylic acids is 3. The van der Waals surface area contributed by atoms with Crippen molar-refractivity contribution in [1.29, 1.82) is 5.26 Å². The number of hydrogen-bond acceptors (Lipinski definition) is 7. The van der Waals surface area contributed by atoms with Crippen molar-refractivity contribution >= 4 is 17.9 Å². The van der Waals surface area contributed by atoms with E-state index < -0.39 is 29.7 Å². The van der Waals surface area contributed by atoms with Crippen LogP contribution >= 0.6 is 0 Å². The first-order valence-electron chi connectivity index (χ1n) is 5.11. The Hall–Kier alpha value is -2.10. The third kappa shape index (κ3) is 4.82. The number of nitrogens with zero attached hydrogens (tertiary/aromatic N) is 1. The standard InChI is InChI=1S/C11H15NO6/c1-16-9(13)4-7(5-10(14)17-2)8(6-12)11(15)18-3/h7-8H,4-5H2,1-3H3. The summed E-state index contributed by atoms with van der Waals surface area (Å²) in [4.78, 5) is 33.8. The Bertz CT molecular complexity index is 341. The average molecular weight is 257 g/mol. The molecule has 1 atom stereocenters. The largest absolute Gasteiger partial charge is 0.469 e. The predicted molar refractivity (Wildman–Crippen MR) is 57.9 cm³/mol. The third-order valence-corrected chi connectivity index (χ3v) is 2.38. The molecule has 0 saturated heterocycles. The molecule has 0 heterocycles. The molecular formula is C11H15NO6. The SMILES string of the molecule is COC(=O)CC(CC(=O)OC)C(C#N)C(=O)OC. The van der Waals surface area contributed by atoms with Crippen LogP contribution < -0.4 is 0 Å². The minimum Gasteiger partial charge on any atom is -0.469 e. The van der Waals surface area contributed by atoms with E-state index in [1.54, 1.807) is 6.07 Å². The molecule has 0 amide bonds. The zero-order chi connectivity index (χ0) is 14.1. The summed E-state index contributed by atoms with van der Waals surface area (Å²) in [5.74, 6) is -4.08. The van der Waals surface area contributed by atoms with Crippen LogP contribution in [-0.2, 0) is 28.6 Å². The lowest BCUT2D eigenvalue weighted by atomic mass is 9.87. The number of methoxy groups -OCH3 is 3. The number of nitriles is 1. The summed E-state index contributed by atoms with van der Waals surface area (Å²) in [5, 5.41) is 8.91. The highest BCUT2D eigenvalue weighted by Gasteiger charge is 2.33. The third-order valence-electron chi connectivity index (χ3n) is 2.38. The van der Waals surface area contributed by atoms with E-state index in [2.05, 4.69) is 14.2 Å². The van der Waals surface area contributed by atoms with Gasteiger partial charge in [-0.1, -0.05) is 0 Å². The lowest BCUT2D eigenvalue weighted by molar-refractivity contribution is -0.149. The molecule has 18 heavy (non-hydrogen) atoms. The fraction of sp³-hybridized carbons (Fsp3) is 0.636. The first-order valence-corrected chi connectivity index (χ1v) is 5.11. The second-order valence-electron chi connectivity index (χ2n) is 3.45. The molecule has 100 valence electrons. The normalized spacial score (nSPS) is 11.3. The van der Waals surface area contributed by atoms with E-state index in [0.29, 0.717) is 0 Å². The van der Waals surface area contributed by atoms with Crippen LogP contribution in [0, 0.1) is 23.2 Å². The number of hydrogen-bond donors (Lipinski definition) is 0. The van der Waals surface area contributed by atoms with Crippen LogP contribution in [0.2, 0.25) is 0 Å². The Morgan fingerprint density at radius 2 is 1.44 bits per heavy atom. The van der Waals surface area contributed by atoms with Crippen molar-refractivity contribution in [2.24, 2.45) is 11.8 Å². The Kier molecular flexibility index (Phi) is 7.12. The van der Waals surface area contributed by atoms with Crippen molar-refractivity contribution in [3.63, 3.8) is 0 Å². The van der Waals surface area contributed by atoms with Crippen LogP contribution in [0.25, 0.3) is 0 Å². The quantitative estimate of drug-likeness (QED) is 0.489. The zero-order valence-corrected chi connectivity index (χ0v) is 10.5. The van der Waals surface area contributed by atoms with Gasteiger partial charge in [0.05, 0.1) is 40.2 Å². The summed E-state index contributed by atoms with van der Waals surface area (Å²) in [6.07, 6.45) is -0.474. The summed E-state index contributed by atoms with van der Waals surface area (Å²) in [6.45, 7) is 0. The van der Waals surface area contributed by atoms with Crippen LogP contribution in [-0.4, -0.2) is 39.2 Å². The first-order chi connectivity index (χ1) is 8.49. The summed E-state index contributed by atoms with van der Waals surface area (Å²) in [5.41, 5.74) is 0. The molecule has 0 aromatic rings. The highest BCUT2D eigenvalue weighted by Crippen LogP contribution is 2.22. The molecule has 0 spiro atoms.